The SMILES string of the molecule is Cc1nc(CN2CCN(c3cccc4[nH]c(-c5ccc(C(C)(C)C)cc5)nc34)CC2)cn1CC(=O)N(C)C. The highest BCUT2D eigenvalue weighted by Crippen LogP contribution is 2.30. The quantitative estimate of drug-likeness (QED) is 0.413. The van der Waals surface area contributed by atoms with Crippen LogP contribution in [0.3, 0.4) is 0 Å². The van der Waals surface area contributed by atoms with E-state index in [1.165, 1.54) is 11.3 Å². The van der Waals surface area contributed by atoms with E-state index in [1.807, 2.05) is 17.7 Å². The van der Waals surface area contributed by atoms with Crippen LogP contribution in [0.4, 0.5) is 5.69 Å². The van der Waals surface area contributed by atoms with Gasteiger partial charge < -0.3 is 19.4 Å². The van der Waals surface area contributed by atoms with Crippen molar-refractivity contribution >= 4 is 22.6 Å². The van der Waals surface area contributed by atoms with Gasteiger partial charge >= 0.3 is 0 Å². The summed E-state index contributed by atoms with van der Waals surface area (Å²) in [6.45, 7) is 13.5. The van der Waals surface area contributed by atoms with Gasteiger partial charge in [0, 0.05) is 58.6 Å². The molecular weight excluding hydrogens is 474 g/mol. The number of aryl methyl sites for hydroxylation is 1. The summed E-state index contributed by atoms with van der Waals surface area (Å²) in [4.78, 5) is 31.9. The first-order valence-corrected chi connectivity index (χ1v) is 13.4. The molecule has 8 nitrogen and oxygen atoms in total. The number of imidazole rings is 2. The molecule has 1 fully saturated rings. The van der Waals surface area contributed by atoms with E-state index in [9.17, 15) is 4.79 Å². The number of para-hydroxylation sites is 1. The first-order valence-electron chi connectivity index (χ1n) is 13.4. The highest BCUT2D eigenvalue weighted by atomic mass is 16.2. The standard InChI is InChI=1S/C30H39N7O/c1-21-31-24(19-37(21)20-27(38)34(5)6)18-35-14-16-36(17-15-35)26-9-7-8-25-28(26)33-29(32-25)22-10-12-23(13-11-22)30(2,3)4/h7-13,19H,14-18,20H2,1-6H3,(H,32,33). The van der Waals surface area contributed by atoms with Crippen LogP contribution in [0.5, 0.6) is 0 Å². The first kappa shape index (κ1) is 26.0. The third kappa shape index (κ3) is 5.45. The lowest BCUT2D eigenvalue weighted by molar-refractivity contribution is -0.129. The molecule has 3 heterocycles. The van der Waals surface area contributed by atoms with Crippen molar-refractivity contribution in [2.24, 2.45) is 0 Å². The molecule has 8 heteroatoms. The Morgan fingerprint density at radius 1 is 1.00 bits per heavy atom. The number of carbonyl (C=O) groups is 1. The molecule has 1 amide bonds. The van der Waals surface area contributed by atoms with Gasteiger partial charge in [0.25, 0.3) is 0 Å². The van der Waals surface area contributed by atoms with Crippen molar-refractivity contribution < 1.29 is 4.79 Å². The molecule has 0 radical (unpaired) electrons. The molecular formula is C30H39N7O. The number of carbonyl (C=O) groups excluding carboxylic acids is 1. The van der Waals surface area contributed by atoms with Crippen molar-refractivity contribution in [2.75, 3.05) is 45.2 Å². The monoisotopic (exact) mass is 513 g/mol. The number of aromatic amines is 1. The van der Waals surface area contributed by atoms with Gasteiger partial charge in [0.2, 0.25) is 5.91 Å². The second kappa shape index (κ2) is 10.3. The Labute approximate surface area is 225 Å². The Bertz CT molecular complexity index is 1420. The fraction of sp³-hybridized carbons (Fsp3) is 0.433. The van der Waals surface area contributed by atoms with Gasteiger partial charge in [0.1, 0.15) is 23.7 Å². The molecule has 38 heavy (non-hydrogen) atoms. The zero-order valence-electron chi connectivity index (χ0n) is 23.5. The summed E-state index contributed by atoms with van der Waals surface area (Å²) in [6, 6.07) is 15.1. The van der Waals surface area contributed by atoms with Crippen LogP contribution in [0, 0.1) is 6.92 Å². The highest BCUT2D eigenvalue weighted by molar-refractivity contribution is 5.91. The predicted octanol–water partition coefficient (Wildman–Crippen LogP) is 4.44. The zero-order valence-corrected chi connectivity index (χ0v) is 23.5. The molecule has 0 bridgehead atoms. The molecule has 1 N–H and O–H groups in total. The molecule has 0 atom stereocenters. The van der Waals surface area contributed by atoms with Crippen molar-refractivity contribution in [3.8, 4) is 11.4 Å². The van der Waals surface area contributed by atoms with Crippen molar-refractivity contribution in [3.05, 3.63) is 65.7 Å². The van der Waals surface area contributed by atoms with Crippen molar-refractivity contribution in [3.63, 3.8) is 0 Å². The molecule has 2 aromatic carbocycles. The molecule has 0 spiro atoms. The summed E-state index contributed by atoms with van der Waals surface area (Å²) in [5, 5.41) is 0. The van der Waals surface area contributed by atoms with Gasteiger partial charge in [0.05, 0.1) is 16.9 Å². The van der Waals surface area contributed by atoms with Crippen molar-refractivity contribution in [1.29, 1.82) is 0 Å². The summed E-state index contributed by atoms with van der Waals surface area (Å²) < 4.78 is 1.94. The average molecular weight is 514 g/mol. The summed E-state index contributed by atoms with van der Waals surface area (Å²) in [5.41, 5.74) is 6.83. The molecule has 1 saturated heterocycles. The van der Waals surface area contributed by atoms with E-state index in [-0.39, 0.29) is 11.3 Å². The molecule has 5 rings (SSSR count). The minimum absolute atomic E-state index is 0.0725. The number of hydrogen-bond acceptors (Lipinski definition) is 5. The summed E-state index contributed by atoms with van der Waals surface area (Å²) in [5.74, 6) is 1.86. The van der Waals surface area contributed by atoms with Crippen LogP contribution in [0.25, 0.3) is 22.4 Å². The molecule has 200 valence electrons. The number of nitrogens with zero attached hydrogens (tertiary/aromatic N) is 6. The predicted molar refractivity (Wildman–Crippen MR) is 153 cm³/mol. The van der Waals surface area contributed by atoms with E-state index >= 15 is 0 Å². The normalized spacial score (nSPS) is 14.8. The number of likely N-dealkylation sites (N-methyl/N-ethyl adjacent to an activating group) is 1. The second-order valence-electron chi connectivity index (χ2n) is 11.5. The summed E-state index contributed by atoms with van der Waals surface area (Å²) >= 11 is 0. The number of fused-ring (bicyclic) bond motifs is 1. The van der Waals surface area contributed by atoms with Crippen LogP contribution in [0.2, 0.25) is 0 Å². The van der Waals surface area contributed by atoms with Crippen molar-refractivity contribution in [1.82, 2.24) is 29.3 Å². The number of benzene rings is 2. The van der Waals surface area contributed by atoms with Gasteiger partial charge in [-0.05, 0) is 30.0 Å². The lowest BCUT2D eigenvalue weighted by Gasteiger charge is -2.35. The van der Waals surface area contributed by atoms with E-state index in [0.717, 1.165) is 66.7 Å². The van der Waals surface area contributed by atoms with Gasteiger partial charge in [-0.2, -0.15) is 0 Å². The van der Waals surface area contributed by atoms with E-state index in [0.29, 0.717) is 6.54 Å². The maximum atomic E-state index is 12.1. The number of aromatic nitrogens is 4. The van der Waals surface area contributed by atoms with Crippen LogP contribution in [-0.2, 0) is 23.3 Å². The number of piperazine rings is 1. The van der Waals surface area contributed by atoms with E-state index < -0.39 is 0 Å². The molecule has 0 unspecified atom stereocenters. The van der Waals surface area contributed by atoms with Gasteiger partial charge in [-0.15, -0.1) is 0 Å². The third-order valence-electron chi connectivity index (χ3n) is 7.44. The van der Waals surface area contributed by atoms with E-state index in [2.05, 4.69) is 78.0 Å². The Hall–Kier alpha value is -3.65. The molecule has 4 aromatic rings. The lowest BCUT2D eigenvalue weighted by atomic mass is 9.87. The highest BCUT2D eigenvalue weighted by Gasteiger charge is 2.22. The first-order chi connectivity index (χ1) is 18.1. The molecule has 2 aromatic heterocycles. The van der Waals surface area contributed by atoms with Gasteiger partial charge in [0.15, 0.2) is 0 Å². The smallest absolute Gasteiger partial charge is 0.242 e. The van der Waals surface area contributed by atoms with E-state index in [4.69, 9.17) is 9.97 Å². The molecule has 1 aliphatic rings. The van der Waals surface area contributed by atoms with Crippen LogP contribution in [0.1, 0.15) is 37.9 Å². The summed E-state index contributed by atoms with van der Waals surface area (Å²) in [7, 11) is 3.56. The van der Waals surface area contributed by atoms with Crippen LogP contribution in [-0.4, -0.2) is 75.5 Å². The van der Waals surface area contributed by atoms with E-state index in [1.54, 1.807) is 19.0 Å². The molecule has 0 saturated carbocycles. The number of hydrogen-bond donors (Lipinski definition) is 1. The van der Waals surface area contributed by atoms with Gasteiger partial charge in [-0.3, -0.25) is 9.69 Å². The maximum Gasteiger partial charge on any atom is 0.242 e. The largest absolute Gasteiger partial charge is 0.367 e. The average Bonchev–Trinajstić information content (AvgIpc) is 3.47. The summed E-state index contributed by atoms with van der Waals surface area (Å²) in [6.07, 6.45) is 2.02. The number of anilines is 1. The minimum Gasteiger partial charge on any atom is -0.367 e. The van der Waals surface area contributed by atoms with Gasteiger partial charge in [-0.1, -0.05) is 51.1 Å². The Morgan fingerprint density at radius 3 is 2.37 bits per heavy atom. The molecule has 1 aliphatic heterocycles. The molecule has 0 aliphatic carbocycles. The lowest BCUT2D eigenvalue weighted by Crippen LogP contribution is -2.46. The number of H-pyrrole nitrogens is 1. The number of amides is 1. The zero-order chi connectivity index (χ0) is 27.0. The van der Waals surface area contributed by atoms with Crippen LogP contribution < -0.4 is 4.90 Å². The number of nitrogens with one attached hydrogen (secondary N) is 1. The Morgan fingerprint density at radius 2 is 1.71 bits per heavy atom. The van der Waals surface area contributed by atoms with Crippen molar-refractivity contribution in [2.45, 2.75) is 46.2 Å². The Kier molecular flexibility index (Phi) is 7.01. The number of rotatable bonds is 6. The Balaban J connectivity index is 1.26. The van der Waals surface area contributed by atoms with Crippen LogP contribution in [0.15, 0.2) is 48.7 Å². The maximum absolute atomic E-state index is 12.1. The minimum atomic E-state index is 0.0725. The third-order valence-corrected chi connectivity index (χ3v) is 7.44. The van der Waals surface area contributed by atoms with Gasteiger partial charge in [-0.25, -0.2) is 9.97 Å². The fourth-order valence-electron chi connectivity index (χ4n) is 5.01. The van der Waals surface area contributed by atoms with Crippen LogP contribution >= 0.6 is 0 Å². The fourth-order valence-corrected chi connectivity index (χ4v) is 5.01. The topological polar surface area (TPSA) is 73.3 Å². The second-order valence-corrected chi connectivity index (χ2v) is 11.5.